The number of carboxylic acids is 1. The molecule has 0 saturated carbocycles. The van der Waals surface area contributed by atoms with E-state index < -0.39 is 11.5 Å². The fourth-order valence-corrected chi connectivity index (χ4v) is 1.90. The summed E-state index contributed by atoms with van der Waals surface area (Å²) in [7, 11) is 0. The quantitative estimate of drug-likeness (QED) is 0.798. The number of pyridine rings is 1. The van der Waals surface area contributed by atoms with Gasteiger partial charge in [0.1, 0.15) is 0 Å². The number of amides is 1. The van der Waals surface area contributed by atoms with Gasteiger partial charge in [0.2, 0.25) is 5.88 Å². The lowest BCUT2D eigenvalue weighted by molar-refractivity contribution is -0.146. The molecule has 0 bridgehead atoms. The van der Waals surface area contributed by atoms with Crippen LogP contribution in [0.2, 0.25) is 0 Å². The third-order valence-electron chi connectivity index (χ3n) is 3.83. The Hall–Kier alpha value is -2.90. The van der Waals surface area contributed by atoms with E-state index in [2.05, 4.69) is 15.4 Å². The summed E-state index contributed by atoms with van der Waals surface area (Å²) in [5.74, 6) is -0.997. The predicted molar refractivity (Wildman–Crippen MR) is 91.8 cm³/mol. The van der Waals surface area contributed by atoms with Crippen LogP contribution in [0.25, 0.3) is 0 Å². The van der Waals surface area contributed by atoms with Gasteiger partial charge in [0.05, 0.1) is 18.0 Å². The molecule has 0 aliphatic rings. The summed E-state index contributed by atoms with van der Waals surface area (Å²) in [5, 5.41) is 15.9. The number of carbonyl (C=O) groups is 2. The molecule has 0 aliphatic carbocycles. The molecule has 2 heterocycles. The van der Waals surface area contributed by atoms with Gasteiger partial charge in [-0.3, -0.25) is 9.48 Å². The first-order valence-electron chi connectivity index (χ1n) is 7.96. The molecule has 1 amide bonds. The van der Waals surface area contributed by atoms with Crippen molar-refractivity contribution >= 4 is 17.6 Å². The zero-order valence-electron chi connectivity index (χ0n) is 14.7. The molecule has 0 aromatic carbocycles. The molecule has 2 N–H and O–H groups in total. The lowest BCUT2D eigenvalue weighted by atomic mass is 10.1. The number of aromatic nitrogens is 3. The first-order valence-corrected chi connectivity index (χ1v) is 7.96. The largest absolute Gasteiger partial charge is 0.479 e. The number of hydrogen-bond donors (Lipinski definition) is 2. The highest BCUT2D eigenvalue weighted by molar-refractivity contribution is 6.04. The molecule has 0 radical (unpaired) electrons. The first kappa shape index (κ1) is 18.4. The molecule has 0 fully saturated rings. The molecule has 1 atom stereocenters. The van der Waals surface area contributed by atoms with Crippen molar-refractivity contribution < 1.29 is 19.4 Å². The van der Waals surface area contributed by atoms with Crippen LogP contribution in [0.5, 0.6) is 5.88 Å². The summed E-state index contributed by atoms with van der Waals surface area (Å²) in [4.78, 5) is 27.7. The normalized spacial score (nSPS) is 12.5. The van der Waals surface area contributed by atoms with Crippen LogP contribution in [0.4, 0.5) is 5.69 Å². The highest BCUT2D eigenvalue weighted by Crippen LogP contribution is 2.18. The zero-order valence-corrected chi connectivity index (χ0v) is 14.7. The number of aliphatic carboxylic acids is 1. The summed E-state index contributed by atoms with van der Waals surface area (Å²) < 4.78 is 6.89. The van der Waals surface area contributed by atoms with Crippen LogP contribution in [-0.4, -0.2) is 37.9 Å². The van der Waals surface area contributed by atoms with Gasteiger partial charge in [0, 0.05) is 24.0 Å². The summed E-state index contributed by atoms with van der Waals surface area (Å²) in [5.41, 5.74) is -0.421. The Morgan fingerprint density at radius 3 is 2.80 bits per heavy atom. The lowest BCUT2D eigenvalue weighted by Gasteiger charge is -2.19. The van der Waals surface area contributed by atoms with Crippen LogP contribution >= 0.6 is 0 Å². The van der Waals surface area contributed by atoms with E-state index in [4.69, 9.17) is 4.74 Å². The van der Waals surface area contributed by atoms with Gasteiger partial charge in [-0.1, -0.05) is 6.92 Å². The van der Waals surface area contributed by atoms with Gasteiger partial charge in [-0.25, -0.2) is 9.78 Å². The summed E-state index contributed by atoms with van der Waals surface area (Å²) in [6, 6.07) is 3.14. The van der Waals surface area contributed by atoms with Crippen molar-refractivity contribution in [1.82, 2.24) is 14.8 Å². The van der Waals surface area contributed by atoms with E-state index in [9.17, 15) is 14.7 Å². The van der Waals surface area contributed by atoms with Crippen molar-refractivity contribution in [1.29, 1.82) is 0 Å². The van der Waals surface area contributed by atoms with E-state index in [1.54, 1.807) is 12.1 Å². The second kappa shape index (κ2) is 7.33. The summed E-state index contributed by atoms with van der Waals surface area (Å²) in [6.45, 7) is 6.97. The van der Waals surface area contributed by atoms with Gasteiger partial charge < -0.3 is 15.2 Å². The molecule has 25 heavy (non-hydrogen) atoms. The van der Waals surface area contributed by atoms with Crippen LogP contribution in [0.3, 0.4) is 0 Å². The number of ether oxygens (including phenoxy) is 1. The molecule has 1 unspecified atom stereocenters. The monoisotopic (exact) mass is 346 g/mol. The van der Waals surface area contributed by atoms with Gasteiger partial charge in [0.25, 0.3) is 5.91 Å². The maximum atomic E-state index is 12.4. The summed E-state index contributed by atoms with van der Waals surface area (Å²) >= 11 is 0. The van der Waals surface area contributed by atoms with Crippen molar-refractivity contribution in [2.45, 2.75) is 45.8 Å². The van der Waals surface area contributed by atoms with Crippen LogP contribution < -0.4 is 10.1 Å². The smallest absolute Gasteiger partial charge is 0.331 e. The maximum Gasteiger partial charge on any atom is 0.331 e. The van der Waals surface area contributed by atoms with Gasteiger partial charge in [-0.15, -0.1) is 0 Å². The van der Waals surface area contributed by atoms with Gasteiger partial charge in [-0.2, -0.15) is 5.10 Å². The van der Waals surface area contributed by atoms with Crippen LogP contribution in [0, 0.1) is 0 Å². The standard InChI is InChI=1S/C17H22N4O4/c1-5-11(2)25-14-8-12(6-7-18-14)15(22)20-13-9-19-21(10-13)17(3,4)16(23)24/h6-11H,5H2,1-4H3,(H,20,22)(H,23,24). The van der Waals surface area contributed by atoms with Gasteiger partial charge in [0.15, 0.2) is 5.54 Å². The number of anilines is 1. The zero-order chi connectivity index (χ0) is 18.6. The van der Waals surface area contributed by atoms with Crippen molar-refractivity contribution in [3.63, 3.8) is 0 Å². The minimum absolute atomic E-state index is 0.00212. The number of nitrogens with one attached hydrogen (secondary N) is 1. The lowest BCUT2D eigenvalue weighted by Crippen LogP contribution is -2.35. The minimum atomic E-state index is -1.21. The fourth-order valence-electron chi connectivity index (χ4n) is 1.90. The van der Waals surface area contributed by atoms with Crippen LogP contribution in [-0.2, 0) is 10.3 Å². The van der Waals surface area contributed by atoms with E-state index in [1.807, 2.05) is 13.8 Å². The molecule has 8 nitrogen and oxygen atoms in total. The Bertz CT molecular complexity index is 770. The number of carbonyl (C=O) groups excluding carboxylic acids is 1. The Labute approximate surface area is 145 Å². The topological polar surface area (TPSA) is 106 Å². The second-order valence-electron chi connectivity index (χ2n) is 6.21. The van der Waals surface area contributed by atoms with Crippen molar-refractivity contribution in [3.05, 3.63) is 36.3 Å². The van der Waals surface area contributed by atoms with Gasteiger partial charge in [-0.05, 0) is 33.3 Å². The molecule has 0 saturated heterocycles. The van der Waals surface area contributed by atoms with E-state index in [-0.39, 0.29) is 12.0 Å². The molecule has 0 aliphatic heterocycles. The molecule has 2 aromatic rings. The second-order valence-corrected chi connectivity index (χ2v) is 6.21. The van der Waals surface area contributed by atoms with Crippen molar-refractivity contribution in [2.24, 2.45) is 0 Å². The van der Waals surface area contributed by atoms with Gasteiger partial charge >= 0.3 is 5.97 Å². The molecule has 8 heteroatoms. The molecule has 0 spiro atoms. The Kier molecular flexibility index (Phi) is 5.41. The average Bonchev–Trinajstić information content (AvgIpc) is 3.04. The molecular formula is C17H22N4O4. The number of rotatable bonds is 7. The Balaban J connectivity index is 2.11. The SMILES string of the molecule is CCC(C)Oc1cc(C(=O)Nc2cnn(C(C)(C)C(=O)O)c2)ccn1. The highest BCUT2D eigenvalue weighted by Gasteiger charge is 2.30. The first-order chi connectivity index (χ1) is 11.7. The van der Waals surface area contributed by atoms with Crippen LogP contribution in [0.15, 0.2) is 30.7 Å². The predicted octanol–water partition coefficient (Wildman–Crippen LogP) is 2.53. The van der Waals surface area contributed by atoms with E-state index in [0.29, 0.717) is 17.1 Å². The van der Waals surface area contributed by atoms with E-state index in [1.165, 1.54) is 37.1 Å². The van der Waals surface area contributed by atoms with Crippen molar-refractivity contribution in [2.75, 3.05) is 5.32 Å². The third kappa shape index (κ3) is 4.34. The number of hydrogen-bond acceptors (Lipinski definition) is 5. The third-order valence-corrected chi connectivity index (χ3v) is 3.83. The molecular weight excluding hydrogens is 324 g/mol. The van der Waals surface area contributed by atoms with Crippen molar-refractivity contribution in [3.8, 4) is 5.88 Å². The Morgan fingerprint density at radius 1 is 1.44 bits per heavy atom. The number of nitrogens with zero attached hydrogens (tertiary/aromatic N) is 3. The summed E-state index contributed by atoms with van der Waals surface area (Å²) in [6.07, 6.45) is 5.21. The maximum absolute atomic E-state index is 12.4. The van der Waals surface area contributed by atoms with Crippen LogP contribution in [0.1, 0.15) is 44.5 Å². The number of carboxylic acid groups (broad SMARTS) is 1. The van der Waals surface area contributed by atoms with E-state index in [0.717, 1.165) is 6.42 Å². The molecule has 134 valence electrons. The fraction of sp³-hybridized carbons (Fsp3) is 0.412. The molecule has 2 rings (SSSR count). The minimum Gasteiger partial charge on any atom is -0.479 e. The average molecular weight is 346 g/mol. The molecule has 2 aromatic heterocycles. The van der Waals surface area contributed by atoms with E-state index >= 15 is 0 Å². The highest BCUT2D eigenvalue weighted by atomic mass is 16.5. The Morgan fingerprint density at radius 2 is 2.16 bits per heavy atom.